The van der Waals surface area contributed by atoms with E-state index in [1.165, 1.54) is 50.5 Å². The third-order valence-electron chi connectivity index (χ3n) is 3.54. The lowest BCUT2D eigenvalue weighted by atomic mass is 9.95. The van der Waals surface area contributed by atoms with Gasteiger partial charge in [-0.25, -0.2) is 0 Å². The standard InChI is InChI=1S/C17H28O/c1-4-5-6-7-8-9-15(2)14-16-10-12-17(18-3)13-11-16/h10-13,15H,4-9,14H2,1-3H3. The van der Waals surface area contributed by atoms with Crippen LogP contribution in [0.2, 0.25) is 0 Å². The minimum atomic E-state index is 0.792. The highest BCUT2D eigenvalue weighted by molar-refractivity contribution is 5.27. The van der Waals surface area contributed by atoms with Crippen molar-refractivity contribution in [1.82, 2.24) is 0 Å². The Morgan fingerprint density at radius 1 is 1.00 bits per heavy atom. The van der Waals surface area contributed by atoms with Gasteiger partial charge in [0.25, 0.3) is 0 Å². The summed E-state index contributed by atoms with van der Waals surface area (Å²) in [6.45, 7) is 4.64. The average molecular weight is 248 g/mol. The van der Waals surface area contributed by atoms with Gasteiger partial charge in [0.05, 0.1) is 7.11 Å². The topological polar surface area (TPSA) is 9.23 Å². The van der Waals surface area contributed by atoms with Gasteiger partial charge in [0.15, 0.2) is 0 Å². The second kappa shape index (κ2) is 9.02. The molecule has 1 aromatic carbocycles. The van der Waals surface area contributed by atoms with E-state index in [9.17, 15) is 0 Å². The molecule has 1 unspecified atom stereocenters. The molecule has 1 nitrogen and oxygen atoms in total. The summed E-state index contributed by atoms with van der Waals surface area (Å²) in [4.78, 5) is 0. The maximum atomic E-state index is 5.18. The van der Waals surface area contributed by atoms with E-state index in [1.54, 1.807) is 7.11 Å². The summed E-state index contributed by atoms with van der Waals surface area (Å²) in [5.74, 6) is 1.74. The maximum Gasteiger partial charge on any atom is 0.118 e. The van der Waals surface area contributed by atoms with E-state index in [0.29, 0.717) is 0 Å². The summed E-state index contributed by atoms with van der Waals surface area (Å²) in [7, 11) is 1.72. The molecule has 0 amide bonds. The van der Waals surface area contributed by atoms with E-state index in [1.807, 2.05) is 0 Å². The zero-order chi connectivity index (χ0) is 13.2. The molecule has 0 radical (unpaired) electrons. The Morgan fingerprint density at radius 2 is 1.67 bits per heavy atom. The van der Waals surface area contributed by atoms with Crippen LogP contribution in [0, 0.1) is 5.92 Å². The number of hydrogen-bond donors (Lipinski definition) is 0. The first-order valence-corrected chi connectivity index (χ1v) is 7.39. The first-order valence-electron chi connectivity index (χ1n) is 7.39. The van der Waals surface area contributed by atoms with Gasteiger partial charge in [0.1, 0.15) is 5.75 Å². The second-order valence-electron chi connectivity index (χ2n) is 5.36. The Morgan fingerprint density at radius 3 is 2.28 bits per heavy atom. The average Bonchev–Trinajstić information content (AvgIpc) is 2.39. The van der Waals surface area contributed by atoms with Gasteiger partial charge in [-0.2, -0.15) is 0 Å². The molecule has 0 N–H and O–H groups in total. The molecule has 1 heteroatoms. The molecule has 0 saturated heterocycles. The zero-order valence-electron chi connectivity index (χ0n) is 12.2. The Hall–Kier alpha value is -0.980. The van der Waals surface area contributed by atoms with E-state index in [0.717, 1.165) is 11.7 Å². The lowest BCUT2D eigenvalue weighted by Crippen LogP contribution is -2.00. The predicted octanol–water partition coefficient (Wildman–Crippen LogP) is 5.23. The van der Waals surface area contributed by atoms with Crippen molar-refractivity contribution in [2.24, 2.45) is 5.92 Å². The highest BCUT2D eigenvalue weighted by Crippen LogP contribution is 2.18. The summed E-state index contributed by atoms with van der Waals surface area (Å²) < 4.78 is 5.18. The van der Waals surface area contributed by atoms with E-state index in [4.69, 9.17) is 4.74 Å². The SMILES string of the molecule is CCCCCCCC(C)Cc1ccc(OC)cc1. The fourth-order valence-electron chi connectivity index (χ4n) is 2.36. The zero-order valence-corrected chi connectivity index (χ0v) is 12.2. The molecule has 0 aromatic heterocycles. The van der Waals surface area contributed by atoms with Gasteiger partial charge >= 0.3 is 0 Å². The van der Waals surface area contributed by atoms with Crippen LogP contribution in [0.3, 0.4) is 0 Å². The summed E-state index contributed by atoms with van der Waals surface area (Å²) in [5.41, 5.74) is 1.43. The molecule has 102 valence electrons. The van der Waals surface area contributed by atoms with Crippen molar-refractivity contribution in [3.8, 4) is 5.75 Å². The molecule has 0 bridgehead atoms. The van der Waals surface area contributed by atoms with Crippen LogP contribution in [0.15, 0.2) is 24.3 Å². The molecule has 18 heavy (non-hydrogen) atoms. The van der Waals surface area contributed by atoms with Crippen LogP contribution in [0.1, 0.15) is 57.9 Å². The number of unbranched alkanes of at least 4 members (excludes halogenated alkanes) is 4. The van der Waals surface area contributed by atoms with Crippen molar-refractivity contribution < 1.29 is 4.74 Å². The van der Waals surface area contributed by atoms with Gasteiger partial charge in [-0.15, -0.1) is 0 Å². The van der Waals surface area contributed by atoms with Crippen LogP contribution >= 0.6 is 0 Å². The molecule has 0 fully saturated rings. The second-order valence-corrected chi connectivity index (χ2v) is 5.36. The van der Waals surface area contributed by atoms with E-state index >= 15 is 0 Å². The fraction of sp³-hybridized carbons (Fsp3) is 0.647. The highest BCUT2D eigenvalue weighted by Gasteiger charge is 2.04. The number of ether oxygens (including phenoxy) is 1. The Labute approximate surface area is 113 Å². The fourth-order valence-corrected chi connectivity index (χ4v) is 2.36. The van der Waals surface area contributed by atoms with E-state index in [2.05, 4.69) is 38.1 Å². The van der Waals surface area contributed by atoms with Crippen molar-refractivity contribution in [2.45, 2.75) is 58.8 Å². The van der Waals surface area contributed by atoms with Gasteiger partial charge in [0.2, 0.25) is 0 Å². The number of benzene rings is 1. The summed E-state index contributed by atoms with van der Waals surface area (Å²) in [6.07, 6.45) is 9.48. The Bertz CT molecular complexity index is 302. The van der Waals surface area contributed by atoms with Crippen molar-refractivity contribution in [3.05, 3.63) is 29.8 Å². The first-order chi connectivity index (χ1) is 8.76. The van der Waals surface area contributed by atoms with Crippen LogP contribution in [0.5, 0.6) is 5.75 Å². The highest BCUT2D eigenvalue weighted by atomic mass is 16.5. The molecule has 1 rings (SSSR count). The Balaban J connectivity index is 2.20. The third-order valence-corrected chi connectivity index (χ3v) is 3.54. The minimum absolute atomic E-state index is 0.792. The largest absolute Gasteiger partial charge is 0.497 e. The molecule has 1 aromatic rings. The molecular weight excluding hydrogens is 220 g/mol. The summed E-state index contributed by atoms with van der Waals surface area (Å²) in [5, 5.41) is 0. The van der Waals surface area contributed by atoms with Crippen molar-refractivity contribution in [1.29, 1.82) is 0 Å². The number of hydrogen-bond acceptors (Lipinski definition) is 1. The lowest BCUT2D eigenvalue weighted by Gasteiger charge is -2.11. The summed E-state index contributed by atoms with van der Waals surface area (Å²) in [6, 6.07) is 8.49. The van der Waals surface area contributed by atoms with Crippen LogP contribution < -0.4 is 4.74 Å². The summed E-state index contributed by atoms with van der Waals surface area (Å²) >= 11 is 0. The van der Waals surface area contributed by atoms with Crippen LogP contribution in [0.4, 0.5) is 0 Å². The van der Waals surface area contributed by atoms with Gasteiger partial charge in [-0.3, -0.25) is 0 Å². The number of rotatable bonds is 9. The molecule has 0 heterocycles. The van der Waals surface area contributed by atoms with Gasteiger partial charge < -0.3 is 4.74 Å². The van der Waals surface area contributed by atoms with Crippen LogP contribution in [0.25, 0.3) is 0 Å². The molecular formula is C17H28O. The van der Waals surface area contributed by atoms with Crippen molar-refractivity contribution >= 4 is 0 Å². The van der Waals surface area contributed by atoms with Crippen LogP contribution in [-0.4, -0.2) is 7.11 Å². The normalized spacial score (nSPS) is 12.4. The smallest absolute Gasteiger partial charge is 0.118 e. The lowest BCUT2D eigenvalue weighted by molar-refractivity contribution is 0.414. The quantitative estimate of drug-likeness (QED) is 0.543. The van der Waals surface area contributed by atoms with Gasteiger partial charge in [-0.05, 0) is 30.0 Å². The molecule has 1 atom stereocenters. The Kier molecular flexibility index (Phi) is 7.55. The minimum Gasteiger partial charge on any atom is -0.497 e. The number of methoxy groups -OCH3 is 1. The maximum absolute atomic E-state index is 5.18. The molecule has 0 saturated carbocycles. The molecule has 0 aliphatic rings. The van der Waals surface area contributed by atoms with Crippen LogP contribution in [-0.2, 0) is 6.42 Å². The van der Waals surface area contributed by atoms with Gasteiger partial charge in [-0.1, -0.05) is 64.5 Å². The van der Waals surface area contributed by atoms with E-state index < -0.39 is 0 Å². The predicted molar refractivity (Wildman–Crippen MR) is 79.2 cm³/mol. The van der Waals surface area contributed by atoms with Crippen molar-refractivity contribution in [3.63, 3.8) is 0 Å². The molecule has 0 aliphatic carbocycles. The van der Waals surface area contributed by atoms with E-state index in [-0.39, 0.29) is 0 Å². The third kappa shape index (κ3) is 6.09. The molecule has 0 aliphatic heterocycles. The monoisotopic (exact) mass is 248 g/mol. The van der Waals surface area contributed by atoms with Crippen molar-refractivity contribution in [2.75, 3.05) is 7.11 Å². The van der Waals surface area contributed by atoms with Gasteiger partial charge in [0, 0.05) is 0 Å². The first kappa shape index (κ1) is 15.1. The molecule has 0 spiro atoms.